The van der Waals surface area contributed by atoms with E-state index in [2.05, 4.69) is 38.3 Å². The van der Waals surface area contributed by atoms with Gasteiger partial charge in [0, 0.05) is 35.7 Å². The molecule has 2 fully saturated rings. The monoisotopic (exact) mass is 616 g/mol. The number of hydrogen-bond acceptors (Lipinski definition) is 4. The second kappa shape index (κ2) is 12.6. The maximum atomic E-state index is 14.1. The summed E-state index contributed by atoms with van der Waals surface area (Å²) in [6.07, 6.45) is 1.87. The molecule has 5 rings (SSSR count). The number of imide groups is 1. The fourth-order valence-electron chi connectivity index (χ4n) is 5.83. The van der Waals surface area contributed by atoms with Crippen molar-refractivity contribution in [1.29, 1.82) is 0 Å². The standard InChI is InChI=1S/C33H37BrN4O3/c1-24(2)30(39)35-29(26-9-5-3-6-10-26)17-20-36-21-18-33(19-22-36)31(40)37(23-25-13-15-27(34)16-14-25)32(41)38(33)28-11-7-4-8-12-28/h3-16,24,29H,17-23H2,1-2H3,(H,35,39). The van der Waals surface area contributed by atoms with Gasteiger partial charge in [-0.05, 0) is 54.7 Å². The highest BCUT2D eigenvalue weighted by atomic mass is 79.9. The summed E-state index contributed by atoms with van der Waals surface area (Å²) in [4.78, 5) is 46.0. The van der Waals surface area contributed by atoms with Crippen molar-refractivity contribution in [3.8, 4) is 0 Å². The molecule has 1 spiro atoms. The van der Waals surface area contributed by atoms with Crippen LogP contribution in [0.1, 0.15) is 50.3 Å². The molecule has 8 heteroatoms. The van der Waals surface area contributed by atoms with Crippen LogP contribution < -0.4 is 10.2 Å². The van der Waals surface area contributed by atoms with Gasteiger partial charge in [-0.2, -0.15) is 0 Å². The molecule has 214 valence electrons. The van der Waals surface area contributed by atoms with E-state index in [1.165, 1.54) is 4.90 Å². The van der Waals surface area contributed by atoms with Crippen LogP contribution in [0.5, 0.6) is 0 Å². The number of para-hydroxylation sites is 1. The molecular weight excluding hydrogens is 580 g/mol. The third kappa shape index (κ3) is 6.23. The quantitative estimate of drug-likeness (QED) is 0.292. The second-order valence-electron chi connectivity index (χ2n) is 11.3. The lowest BCUT2D eigenvalue weighted by Gasteiger charge is -2.42. The number of hydrogen-bond donors (Lipinski definition) is 1. The molecule has 0 aliphatic carbocycles. The molecule has 41 heavy (non-hydrogen) atoms. The van der Waals surface area contributed by atoms with Crippen molar-refractivity contribution in [3.05, 3.63) is 101 Å². The summed E-state index contributed by atoms with van der Waals surface area (Å²) in [6.45, 7) is 6.21. The van der Waals surface area contributed by atoms with Crippen molar-refractivity contribution in [2.24, 2.45) is 5.92 Å². The highest BCUT2D eigenvalue weighted by Crippen LogP contribution is 2.41. The van der Waals surface area contributed by atoms with Crippen LogP contribution in [-0.4, -0.2) is 52.8 Å². The third-order valence-electron chi connectivity index (χ3n) is 8.22. The molecule has 3 aromatic rings. The Hall–Kier alpha value is -3.49. The van der Waals surface area contributed by atoms with Crippen LogP contribution in [0, 0.1) is 5.92 Å². The maximum Gasteiger partial charge on any atom is 0.332 e. The van der Waals surface area contributed by atoms with Crippen LogP contribution in [0.4, 0.5) is 10.5 Å². The molecule has 4 amide bonds. The summed E-state index contributed by atoms with van der Waals surface area (Å²) in [5.74, 6) is -0.178. The number of nitrogens with zero attached hydrogens (tertiary/aromatic N) is 3. The van der Waals surface area contributed by atoms with Gasteiger partial charge < -0.3 is 10.2 Å². The summed E-state index contributed by atoms with van der Waals surface area (Å²) < 4.78 is 0.952. The van der Waals surface area contributed by atoms with Crippen LogP contribution in [-0.2, 0) is 16.1 Å². The molecule has 2 saturated heterocycles. The van der Waals surface area contributed by atoms with Gasteiger partial charge in [0.1, 0.15) is 5.54 Å². The first kappa shape index (κ1) is 29.0. The predicted molar refractivity (Wildman–Crippen MR) is 164 cm³/mol. The third-order valence-corrected chi connectivity index (χ3v) is 8.75. The number of rotatable bonds is 9. The van der Waals surface area contributed by atoms with Gasteiger partial charge in [-0.1, -0.05) is 90.4 Å². The van der Waals surface area contributed by atoms with Crippen molar-refractivity contribution in [1.82, 2.24) is 15.1 Å². The minimum Gasteiger partial charge on any atom is -0.349 e. The van der Waals surface area contributed by atoms with Crippen LogP contribution in [0.3, 0.4) is 0 Å². The minimum atomic E-state index is -0.908. The number of benzene rings is 3. The van der Waals surface area contributed by atoms with Crippen LogP contribution in [0.2, 0.25) is 0 Å². The second-order valence-corrected chi connectivity index (χ2v) is 12.2. The zero-order valence-electron chi connectivity index (χ0n) is 23.6. The summed E-state index contributed by atoms with van der Waals surface area (Å²) in [5, 5.41) is 3.21. The van der Waals surface area contributed by atoms with Crippen LogP contribution >= 0.6 is 15.9 Å². The topological polar surface area (TPSA) is 73.0 Å². The number of urea groups is 1. The van der Waals surface area contributed by atoms with E-state index < -0.39 is 5.54 Å². The first-order valence-corrected chi connectivity index (χ1v) is 15.1. The number of anilines is 1. The normalized spacial score (nSPS) is 17.9. The molecule has 0 bridgehead atoms. The van der Waals surface area contributed by atoms with E-state index in [9.17, 15) is 14.4 Å². The number of carbonyl (C=O) groups excluding carboxylic acids is 3. The lowest BCUT2D eigenvalue weighted by molar-refractivity contribution is -0.133. The molecule has 2 heterocycles. The molecule has 0 aromatic heterocycles. The van der Waals surface area contributed by atoms with Gasteiger partial charge in [-0.25, -0.2) is 4.79 Å². The van der Waals surface area contributed by atoms with E-state index >= 15 is 0 Å². The van der Waals surface area contributed by atoms with Gasteiger partial charge in [0.25, 0.3) is 5.91 Å². The Morgan fingerprint density at radius 1 is 0.902 bits per heavy atom. The minimum absolute atomic E-state index is 0.0379. The molecule has 1 atom stereocenters. The Morgan fingerprint density at radius 2 is 1.51 bits per heavy atom. The summed E-state index contributed by atoms with van der Waals surface area (Å²) >= 11 is 3.46. The largest absolute Gasteiger partial charge is 0.349 e. The number of piperidine rings is 1. The fourth-order valence-corrected chi connectivity index (χ4v) is 6.09. The molecule has 1 N–H and O–H groups in total. The van der Waals surface area contributed by atoms with Crippen LogP contribution in [0.15, 0.2) is 89.4 Å². The van der Waals surface area contributed by atoms with E-state index in [0.717, 1.165) is 34.3 Å². The first-order valence-electron chi connectivity index (χ1n) is 14.3. The van der Waals surface area contributed by atoms with Crippen molar-refractivity contribution in [3.63, 3.8) is 0 Å². The zero-order valence-corrected chi connectivity index (χ0v) is 25.2. The number of halogens is 1. The van der Waals surface area contributed by atoms with Crippen LogP contribution in [0.25, 0.3) is 0 Å². The number of likely N-dealkylation sites (tertiary alicyclic amines) is 1. The molecule has 0 radical (unpaired) electrons. The zero-order chi connectivity index (χ0) is 29.0. The van der Waals surface area contributed by atoms with Gasteiger partial charge in [0.15, 0.2) is 0 Å². The average Bonchev–Trinajstić information content (AvgIpc) is 3.18. The van der Waals surface area contributed by atoms with Gasteiger partial charge in [0.05, 0.1) is 12.6 Å². The summed E-state index contributed by atoms with van der Waals surface area (Å²) in [7, 11) is 0. The summed E-state index contributed by atoms with van der Waals surface area (Å²) in [5.41, 5.74) is 1.84. The lowest BCUT2D eigenvalue weighted by Crippen LogP contribution is -2.57. The Bertz CT molecular complexity index is 1360. The Kier molecular flexibility index (Phi) is 8.90. The van der Waals surface area contributed by atoms with Gasteiger partial charge in [0.2, 0.25) is 5.91 Å². The predicted octanol–water partition coefficient (Wildman–Crippen LogP) is 6.16. The smallest absolute Gasteiger partial charge is 0.332 e. The number of carbonyl (C=O) groups is 3. The molecule has 3 aromatic carbocycles. The Labute approximate surface area is 250 Å². The van der Waals surface area contributed by atoms with Gasteiger partial charge >= 0.3 is 6.03 Å². The molecule has 7 nitrogen and oxygen atoms in total. The first-order chi connectivity index (χ1) is 19.8. The lowest BCUT2D eigenvalue weighted by atomic mass is 9.85. The van der Waals surface area contributed by atoms with Crippen molar-refractivity contribution in [2.45, 2.75) is 51.2 Å². The highest BCUT2D eigenvalue weighted by Gasteiger charge is 2.58. The summed E-state index contributed by atoms with van der Waals surface area (Å²) in [6, 6.07) is 27.0. The number of amides is 4. The average molecular weight is 618 g/mol. The molecular formula is C33H37BrN4O3. The highest BCUT2D eigenvalue weighted by molar-refractivity contribution is 9.10. The molecule has 1 unspecified atom stereocenters. The number of nitrogens with one attached hydrogen (secondary N) is 1. The maximum absolute atomic E-state index is 14.1. The van der Waals surface area contributed by atoms with E-state index in [4.69, 9.17) is 0 Å². The molecule has 2 aliphatic rings. The van der Waals surface area contributed by atoms with Crippen molar-refractivity contribution >= 4 is 39.5 Å². The van der Waals surface area contributed by atoms with E-state index in [-0.39, 0.29) is 36.3 Å². The Balaban J connectivity index is 1.32. The SMILES string of the molecule is CC(C)C(=O)NC(CCN1CCC2(CC1)C(=O)N(Cc1ccc(Br)cc1)C(=O)N2c1ccccc1)c1ccccc1. The Morgan fingerprint density at radius 3 is 2.12 bits per heavy atom. The van der Waals surface area contributed by atoms with Crippen molar-refractivity contribution < 1.29 is 14.4 Å². The molecule has 0 saturated carbocycles. The van der Waals surface area contributed by atoms with E-state index in [1.807, 2.05) is 86.6 Å². The van der Waals surface area contributed by atoms with Crippen molar-refractivity contribution in [2.75, 3.05) is 24.5 Å². The van der Waals surface area contributed by atoms with E-state index in [0.29, 0.717) is 25.9 Å². The van der Waals surface area contributed by atoms with Gasteiger partial charge in [-0.3, -0.25) is 19.4 Å². The van der Waals surface area contributed by atoms with E-state index in [1.54, 1.807) is 4.90 Å². The fraction of sp³-hybridized carbons (Fsp3) is 0.364. The molecule has 2 aliphatic heterocycles. The van der Waals surface area contributed by atoms with Gasteiger partial charge in [-0.15, -0.1) is 0 Å².